The summed E-state index contributed by atoms with van der Waals surface area (Å²) in [5.74, 6) is 0. The molecule has 94 valence electrons. The predicted octanol–water partition coefficient (Wildman–Crippen LogP) is 3.07. The fourth-order valence-corrected chi connectivity index (χ4v) is 2.79. The van der Waals surface area contributed by atoms with Crippen molar-refractivity contribution in [1.29, 1.82) is 0 Å². The first kappa shape index (κ1) is 11.8. The maximum absolute atomic E-state index is 4.32. The van der Waals surface area contributed by atoms with E-state index in [0.29, 0.717) is 0 Å². The molecule has 0 aliphatic heterocycles. The third-order valence-corrected chi connectivity index (χ3v) is 4.17. The van der Waals surface area contributed by atoms with Crippen LogP contribution in [0.1, 0.15) is 29.0 Å². The zero-order valence-electron chi connectivity index (χ0n) is 10.7. The number of nitrogens with one attached hydrogen (secondary N) is 1. The van der Waals surface area contributed by atoms with Gasteiger partial charge in [-0.25, -0.2) is 0 Å². The maximum Gasteiger partial charge on any atom is 0.148 e. The summed E-state index contributed by atoms with van der Waals surface area (Å²) in [6, 6.07) is 7.19. The van der Waals surface area contributed by atoms with Gasteiger partial charge in [-0.3, -0.25) is 0 Å². The Balaban J connectivity index is 1.80. The summed E-state index contributed by atoms with van der Waals surface area (Å²) in [5, 5.41) is 14.2. The van der Waals surface area contributed by atoms with E-state index in [1.54, 1.807) is 11.3 Å². The highest BCUT2D eigenvalue weighted by atomic mass is 32.1. The molecule has 1 saturated carbocycles. The predicted molar refractivity (Wildman–Crippen MR) is 74.7 cm³/mol. The lowest BCUT2D eigenvalue weighted by Crippen LogP contribution is -2.14. The highest BCUT2D eigenvalue weighted by Gasteiger charge is 2.20. The average molecular weight is 259 g/mol. The van der Waals surface area contributed by atoms with Crippen molar-refractivity contribution >= 4 is 11.3 Å². The van der Waals surface area contributed by atoms with Gasteiger partial charge in [-0.1, -0.05) is 29.0 Å². The number of hydrogen-bond acceptors (Lipinski definition) is 4. The van der Waals surface area contributed by atoms with E-state index in [1.807, 2.05) is 0 Å². The maximum atomic E-state index is 4.32. The average Bonchev–Trinajstić information content (AvgIpc) is 3.08. The molecule has 1 heterocycles. The van der Waals surface area contributed by atoms with E-state index in [4.69, 9.17) is 0 Å². The van der Waals surface area contributed by atoms with Crippen LogP contribution >= 0.6 is 11.3 Å². The van der Waals surface area contributed by atoms with Crippen LogP contribution in [0.3, 0.4) is 0 Å². The minimum absolute atomic E-state index is 0.720. The minimum Gasteiger partial charge on any atom is -0.308 e. The summed E-state index contributed by atoms with van der Waals surface area (Å²) in [6.45, 7) is 5.09. The molecule has 1 aliphatic carbocycles. The van der Waals surface area contributed by atoms with Gasteiger partial charge >= 0.3 is 0 Å². The molecular weight excluding hydrogens is 242 g/mol. The molecule has 1 fully saturated rings. The zero-order chi connectivity index (χ0) is 12.5. The van der Waals surface area contributed by atoms with Crippen LogP contribution in [0, 0.1) is 13.8 Å². The molecule has 0 unspecified atom stereocenters. The van der Waals surface area contributed by atoms with Gasteiger partial charge < -0.3 is 5.32 Å². The Morgan fingerprint density at radius 2 is 2.11 bits per heavy atom. The van der Waals surface area contributed by atoms with Gasteiger partial charge in [0.25, 0.3) is 0 Å². The van der Waals surface area contributed by atoms with Gasteiger partial charge in [0.2, 0.25) is 0 Å². The molecule has 3 nitrogen and oxygen atoms in total. The molecule has 1 aromatic carbocycles. The smallest absolute Gasteiger partial charge is 0.148 e. The molecule has 4 heteroatoms. The molecule has 18 heavy (non-hydrogen) atoms. The van der Waals surface area contributed by atoms with Crippen LogP contribution in [-0.2, 0) is 6.54 Å². The molecular formula is C14H17N3S. The first-order valence-electron chi connectivity index (χ1n) is 6.36. The van der Waals surface area contributed by atoms with Gasteiger partial charge in [0.05, 0.1) is 0 Å². The van der Waals surface area contributed by atoms with Crippen molar-refractivity contribution < 1.29 is 0 Å². The van der Waals surface area contributed by atoms with Crippen molar-refractivity contribution in [3.63, 3.8) is 0 Å². The lowest BCUT2D eigenvalue weighted by Gasteiger charge is -2.02. The van der Waals surface area contributed by atoms with Crippen molar-refractivity contribution in [1.82, 2.24) is 15.5 Å². The SMILES string of the molecule is Cc1ccc(C)c(-c2nnc(CNC3CC3)s2)c1. The Labute approximate surface area is 111 Å². The number of aryl methyl sites for hydroxylation is 2. The van der Waals surface area contributed by atoms with E-state index in [9.17, 15) is 0 Å². The highest BCUT2D eigenvalue weighted by Crippen LogP contribution is 2.28. The normalized spacial score (nSPS) is 15.0. The van der Waals surface area contributed by atoms with Crippen LogP contribution in [0.2, 0.25) is 0 Å². The number of nitrogens with zero attached hydrogens (tertiary/aromatic N) is 2. The quantitative estimate of drug-likeness (QED) is 0.917. The first-order chi connectivity index (χ1) is 8.72. The van der Waals surface area contributed by atoms with E-state index in [0.717, 1.165) is 22.6 Å². The van der Waals surface area contributed by atoms with Gasteiger partial charge in [-0.2, -0.15) is 0 Å². The fourth-order valence-electron chi connectivity index (χ4n) is 1.92. The Morgan fingerprint density at radius 1 is 1.28 bits per heavy atom. The third-order valence-electron chi connectivity index (χ3n) is 3.21. The highest BCUT2D eigenvalue weighted by molar-refractivity contribution is 7.14. The minimum atomic E-state index is 0.720. The van der Waals surface area contributed by atoms with Crippen LogP contribution in [0.25, 0.3) is 10.6 Å². The first-order valence-corrected chi connectivity index (χ1v) is 7.17. The molecule has 1 aliphatic rings. The second-order valence-corrected chi connectivity index (χ2v) is 6.04. The van der Waals surface area contributed by atoms with Gasteiger partial charge in [-0.15, -0.1) is 10.2 Å². The third kappa shape index (κ3) is 2.60. The molecule has 1 N–H and O–H groups in total. The number of aromatic nitrogens is 2. The van der Waals surface area contributed by atoms with Gasteiger partial charge in [0.1, 0.15) is 10.0 Å². The second kappa shape index (κ2) is 4.78. The summed E-state index contributed by atoms with van der Waals surface area (Å²) in [6.07, 6.45) is 2.62. The van der Waals surface area contributed by atoms with E-state index in [2.05, 4.69) is 47.6 Å². The Kier molecular flexibility index (Phi) is 3.14. The molecule has 0 amide bonds. The van der Waals surface area contributed by atoms with Crippen LogP contribution in [0.15, 0.2) is 18.2 Å². The monoisotopic (exact) mass is 259 g/mol. The van der Waals surface area contributed by atoms with Gasteiger partial charge in [0, 0.05) is 18.2 Å². The van der Waals surface area contributed by atoms with E-state index >= 15 is 0 Å². The van der Waals surface area contributed by atoms with Crippen LogP contribution < -0.4 is 5.32 Å². The molecule has 0 spiro atoms. The summed E-state index contributed by atoms with van der Waals surface area (Å²) in [5.41, 5.74) is 3.74. The topological polar surface area (TPSA) is 37.8 Å². The van der Waals surface area contributed by atoms with Crippen LogP contribution in [0.5, 0.6) is 0 Å². The fraction of sp³-hybridized carbons (Fsp3) is 0.429. The number of benzene rings is 1. The van der Waals surface area contributed by atoms with E-state index in [1.165, 1.54) is 29.5 Å². The van der Waals surface area contributed by atoms with Crippen molar-refractivity contribution in [3.8, 4) is 10.6 Å². The molecule has 2 aromatic rings. The molecule has 0 saturated heterocycles. The van der Waals surface area contributed by atoms with E-state index < -0.39 is 0 Å². The Morgan fingerprint density at radius 3 is 2.89 bits per heavy atom. The largest absolute Gasteiger partial charge is 0.308 e. The Hall–Kier alpha value is -1.26. The van der Waals surface area contributed by atoms with Gasteiger partial charge in [-0.05, 0) is 38.3 Å². The second-order valence-electron chi connectivity index (χ2n) is 4.97. The van der Waals surface area contributed by atoms with Crippen molar-refractivity contribution in [2.24, 2.45) is 0 Å². The van der Waals surface area contributed by atoms with Crippen LogP contribution in [0.4, 0.5) is 0 Å². The number of hydrogen-bond donors (Lipinski definition) is 1. The van der Waals surface area contributed by atoms with Crippen molar-refractivity contribution in [2.75, 3.05) is 0 Å². The molecule has 0 atom stereocenters. The molecule has 3 rings (SSSR count). The standard InChI is InChI=1S/C14H17N3S/c1-9-3-4-10(2)12(7-9)14-17-16-13(18-14)8-15-11-5-6-11/h3-4,7,11,15H,5-6,8H2,1-2H3. The summed E-state index contributed by atoms with van der Waals surface area (Å²) in [4.78, 5) is 0. The van der Waals surface area contributed by atoms with Crippen molar-refractivity contribution in [3.05, 3.63) is 34.3 Å². The molecule has 0 radical (unpaired) electrons. The molecule has 0 bridgehead atoms. The Bertz CT molecular complexity index is 558. The molecule has 1 aromatic heterocycles. The zero-order valence-corrected chi connectivity index (χ0v) is 11.5. The van der Waals surface area contributed by atoms with Crippen LogP contribution in [-0.4, -0.2) is 16.2 Å². The lowest BCUT2D eigenvalue weighted by atomic mass is 10.1. The summed E-state index contributed by atoms with van der Waals surface area (Å²) >= 11 is 1.69. The summed E-state index contributed by atoms with van der Waals surface area (Å²) < 4.78 is 0. The summed E-state index contributed by atoms with van der Waals surface area (Å²) in [7, 11) is 0. The van der Waals surface area contributed by atoms with E-state index in [-0.39, 0.29) is 0 Å². The van der Waals surface area contributed by atoms with Crippen molar-refractivity contribution in [2.45, 2.75) is 39.3 Å². The number of rotatable bonds is 4. The van der Waals surface area contributed by atoms with Gasteiger partial charge in [0.15, 0.2) is 0 Å². The lowest BCUT2D eigenvalue weighted by molar-refractivity contribution is 0.679.